The molecule has 0 saturated carbocycles. The second kappa shape index (κ2) is 10.6. The van der Waals surface area contributed by atoms with Crippen LogP contribution in [0.4, 0.5) is 11.5 Å². The first-order valence-electron chi connectivity index (χ1n) is 11.1. The summed E-state index contributed by atoms with van der Waals surface area (Å²) in [5.41, 5.74) is 1.11. The first-order chi connectivity index (χ1) is 17.2. The van der Waals surface area contributed by atoms with E-state index in [1.54, 1.807) is 18.2 Å². The number of carbonyl (C=O) groups excluding carboxylic acids is 1. The zero-order chi connectivity index (χ0) is 25.9. The lowest BCUT2D eigenvalue weighted by atomic mass is 9.96. The van der Waals surface area contributed by atoms with Crippen LogP contribution < -0.4 is 15.4 Å². The summed E-state index contributed by atoms with van der Waals surface area (Å²) in [6.07, 6.45) is -3.42. The first kappa shape index (κ1) is 25.6. The molecule has 36 heavy (non-hydrogen) atoms. The SMILES string of the molecule is CC(=O)N[C@H]1[C@H](O)[C@H](O)[C@H](CO)O[C@@H]1Nc1ccc(S(=O)(=O)Nc2ccnn2-c2ccccc2)cc1. The van der Waals surface area contributed by atoms with Crippen LogP contribution in [0.2, 0.25) is 0 Å². The molecule has 1 aromatic heterocycles. The molecule has 6 N–H and O–H groups in total. The van der Waals surface area contributed by atoms with Crippen molar-refractivity contribution in [3.63, 3.8) is 0 Å². The lowest BCUT2D eigenvalue weighted by molar-refractivity contribution is -0.188. The molecule has 1 fully saturated rings. The third-order valence-corrected chi connectivity index (χ3v) is 7.02. The molecule has 4 rings (SSSR count). The molecule has 1 aliphatic heterocycles. The summed E-state index contributed by atoms with van der Waals surface area (Å²) in [7, 11) is -3.95. The van der Waals surface area contributed by atoms with Crippen LogP contribution in [0.3, 0.4) is 0 Å². The molecule has 12 nitrogen and oxygen atoms in total. The lowest BCUT2D eigenvalue weighted by Crippen LogP contribution is -2.65. The minimum atomic E-state index is -3.95. The highest BCUT2D eigenvalue weighted by atomic mass is 32.2. The number of carbonyl (C=O) groups is 1. The molecule has 3 aromatic rings. The number of aliphatic hydroxyl groups excluding tert-OH is 3. The largest absolute Gasteiger partial charge is 0.394 e. The third-order valence-electron chi connectivity index (χ3n) is 5.65. The predicted octanol–water partition coefficient (Wildman–Crippen LogP) is 0.0287. The number of para-hydroxylation sites is 1. The molecule has 2 heterocycles. The van der Waals surface area contributed by atoms with Crippen LogP contribution in [0, 0.1) is 0 Å². The van der Waals surface area contributed by atoms with Gasteiger partial charge in [0, 0.05) is 18.7 Å². The van der Waals surface area contributed by atoms with Crippen molar-refractivity contribution in [2.75, 3.05) is 16.6 Å². The van der Waals surface area contributed by atoms with Gasteiger partial charge in [-0.3, -0.25) is 9.52 Å². The van der Waals surface area contributed by atoms with Gasteiger partial charge in [0.05, 0.1) is 23.4 Å². The quantitative estimate of drug-likeness (QED) is 0.241. The molecule has 0 aliphatic carbocycles. The minimum Gasteiger partial charge on any atom is -0.394 e. The second-order valence-electron chi connectivity index (χ2n) is 8.22. The van der Waals surface area contributed by atoms with Gasteiger partial charge in [0.15, 0.2) is 6.23 Å². The number of aromatic nitrogens is 2. The minimum absolute atomic E-state index is 0.0134. The van der Waals surface area contributed by atoms with Crippen LogP contribution in [-0.4, -0.2) is 76.6 Å². The Labute approximate surface area is 207 Å². The Bertz CT molecular complexity index is 1280. The van der Waals surface area contributed by atoms with Crippen molar-refractivity contribution in [1.82, 2.24) is 15.1 Å². The Balaban J connectivity index is 1.50. The average Bonchev–Trinajstić information content (AvgIpc) is 3.31. The van der Waals surface area contributed by atoms with Crippen molar-refractivity contribution in [1.29, 1.82) is 0 Å². The van der Waals surface area contributed by atoms with Gasteiger partial charge in [0.2, 0.25) is 5.91 Å². The Morgan fingerprint density at radius 1 is 1.06 bits per heavy atom. The number of ether oxygens (including phenoxy) is 1. The second-order valence-corrected chi connectivity index (χ2v) is 9.91. The fourth-order valence-electron chi connectivity index (χ4n) is 3.88. The van der Waals surface area contributed by atoms with E-state index in [0.717, 1.165) is 0 Å². The molecular weight excluding hydrogens is 490 g/mol. The van der Waals surface area contributed by atoms with Crippen molar-refractivity contribution in [3.05, 3.63) is 66.9 Å². The van der Waals surface area contributed by atoms with Gasteiger partial charge < -0.3 is 30.7 Å². The standard InChI is InChI=1S/C23H27N5O7S/c1-14(30)25-20-22(32)21(31)18(13-29)35-23(20)26-15-7-9-17(10-8-15)36(33,34)27-19-11-12-24-28(19)16-5-3-2-4-6-16/h2-12,18,20-23,26-27,29,31-32H,13H2,1H3,(H,25,30)/t18-,20-,21+,22-,23-/m0/s1. The van der Waals surface area contributed by atoms with Gasteiger partial charge in [0.1, 0.15) is 30.2 Å². The molecule has 0 unspecified atom stereocenters. The van der Waals surface area contributed by atoms with Gasteiger partial charge in [-0.05, 0) is 36.4 Å². The van der Waals surface area contributed by atoms with E-state index < -0.39 is 53.1 Å². The van der Waals surface area contributed by atoms with Crippen LogP contribution in [0.15, 0.2) is 71.8 Å². The van der Waals surface area contributed by atoms with Gasteiger partial charge in [-0.15, -0.1) is 0 Å². The lowest BCUT2D eigenvalue weighted by Gasteiger charge is -2.43. The third kappa shape index (κ3) is 5.50. The number of rotatable bonds is 8. The maximum Gasteiger partial charge on any atom is 0.263 e. The van der Waals surface area contributed by atoms with E-state index in [1.807, 2.05) is 18.2 Å². The molecule has 1 saturated heterocycles. The fourth-order valence-corrected chi connectivity index (χ4v) is 4.92. The molecule has 13 heteroatoms. The monoisotopic (exact) mass is 517 g/mol. The molecule has 0 spiro atoms. The topological polar surface area (TPSA) is 175 Å². The predicted molar refractivity (Wildman–Crippen MR) is 130 cm³/mol. The molecular formula is C23H27N5O7S. The van der Waals surface area contributed by atoms with Crippen molar-refractivity contribution >= 4 is 27.4 Å². The van der Waals surface area contributed by atoms with Crippen molar-refractivity contribution in [3.8, 4) is 5.69 Å². The summed E-state index contributed by atoms with van der Waals surface area (Å²) < 4.78 is 35.6. The average molecular weight is 518 g/mol. The van der Waals surface area contributed by atoms with Gasteiger partial charge in [-0.25, -0.2) is 13.1 Å². The highest BCUT2D eigenvalue weighted by Gasteiger charge is 2.44. The zero-order valence-electron chi connectivity index (χ0n) is 19.2. The molecule has 2 aromatic carbocycles. The maximum absolute atomic E-state index is 13.0. The van der Waals surface area contributed by atoms with Crippen molar-refractivity contribution in [2.45, 2.75) is 42.4 Å². The van der Waals surface area contributed by atoms with Gasteiger partial charge in [0.25, 0.3) is 10.0 Å². The Kier molecular flexibility index (Phi) is 7.56. The number of aliphatic hydroxyl groups is 3. The molecule has 0 radical (unpaired) electrons. The smallest absolute Gasteiger partial charge is 0.263 e. The van der Waals surface area contributed by atoms with E-state index in [2.05, 4.69) is 20.5 Å². The van der Waals surface area contributed by atoms with Crippen molar-refractivity contribution in [2.24, 2.45) is 0 Å². The summed E-state index contributed by atoms with van der Waals surface area (Å²) in [5.74, 6) is -0.189. The van der Waals surface area contributed by atoms with Crippen molar-refractivity contribution < 1.29 is 33.3 Å². The number of nitrogens with one attached hydrogen (secondary N) is 3. The van der Waals surface area contributed by atoms with E-state index in [4.69, 9.17) is 4.74 Å². The van der Waals surface area contributed by atoms with E-state index in [-0.39, 0.29) is 10.7 Å². The molecule has 1 aliphatic rings. The van der Waals surface area contributed by atoms with Crippen LogP contribution in [-0.2, 0) is 19.6 Å². The Morgan fingerprint density at radius 3 is 2.39 bits per heavy atom. The zero-order valence-corrected chi connectivity index (χ0v) is 20.0. The van der Waals surface area contributed by atoms with E-state index in [0.29, 0.717) is 11.4 Å². The number of amides is 1. The number of hydrogen-bond donors (Lipinski definition) is 6. The number of benzene rings is 2. The van der Waals surface area contributed by atoms with Gasteiger partial charge in [-0.2, -0.15) is 5.10 Å². The molecule has 0 bridgehead atoms. The molecule has 5 atom stereocenters. The summed E-state index contributed by atoms with van der Waals surface area (Å²) in [4.78, 5) is 11.6. The highest BCUT2D eigenvalue weighted by molar-refractivity contribution is 7.92. The fraction of sp³-hybridized carbons (Fsp3) is 0.304. The van der Waals surface area contributed by atoms with Gasteiger partial charge >= 0.3 is 0 Å². The van der Waals surface area contributed by atoms with Crippen LogP contribution in [0.1, 0.15) is 6.92 Å². The van der Waals surface area contributed by atoms with Crippen LogP contribution in [0.25, 0.3) is 5.69 Å². The number of sulfonamides is 1. The van der Waals surface area contributed by atoms with Crippen LogP contribution >= 0.6 is 0 Å². The number of nitrogens with zero attached hydrogens (tertiary/aromatic N) is 2. The molecule has 192 valence electrons. The summed E-state index contributed by atoms with van der Waals surface area (Å²) in [6, 6.07) is 15.3. The molecule has 1 amide bonds. The summed E-state index contributed by atoms with van der Waals surface area (Å²) in [6.45, 7) is 0.705. The normalized spacial score (nSPS) is 24.2. The van der Waals surface area contributed by atoms with Crippen LogP contribution in [0.5, 0.6) is 0 Å². The van der Waals surface area contributed by atoms with E-state index in [9.17, 15) is 28.5 Å². The number of anilines is 2. The maximum atomic E-state index is 13.0. The summed E-state index contributed by atoms with van der Waals surface area (Å²) >= 11 is 0. The first-order valence-corrected chi connectivity index (χ1v) is 12.6. The van der Waals surface area contributed by atoms with E-state index in [1.165, 1.54) is 42.1 Å². The summed E-state index contributed by atoms with van der Waals surface area (Å²) in [5, 5.41) is 39.7. The number of hydrogen-bond acceptors (Lipinski definition) is 9. The van der Waals surface area contributed by atoms with Gasteiger partial charge in [-0.1, -0.05) is 18.2 Å². The Hall–Kier alpha value is -3.49. The highest BCUT2D eigenvalue weighted by Crippen LogP contribution is 2.25. The van der Waals surface area contributed by atoms with E-state index >= 15 is 0 Å². The Morgan fingerprint density at radius 2 is 1.75 bits per heavy atom.